The summed E-state index contributed by atoms with van der Waals surface area (Å²) in [4.78, 5) is 24.6. The maximum atomic E-state index is 12.3. The van der Waals surface area contributed by atoms with Crippen LogP contribution in [-0.2, 0) is 23.1 Å². The van der Waals surface area contributed by atoms with Crippen LogP contribution in [0.2, 0.25) is 10.0 Å². The minimum Gasteiger partial charge on any atom is -0.349 e. The van der Waals surface area contributed by atoms with Gasteiger partial charge in [0.15, 0.2) is 5.16 Å². The molecule has 0 aliphatic carbocycles. The van der Waals surface area contributed by atoms with Gasteiger partial charge in [-0.1, -0.05) is 65.3 Å². The summed E-state index contributed by atoms with van der Waals surface area (Å²) in [5, 5.41) is 15.2. The van der Waals surface area contributed by atoms with Crippen LogP contribution in [-0.4, -0.2) is 32.3 Å². The summed E-state index contributed by atoms with van der Waals surface area (Å²) in [6.45, 7) is 1.94. The van der Waals surface area contributed by atoms with Gasteiger partial charge in [0.2, 0.25) is 11.8 Å². The third kappa shape index (κ3) is 6.46. The maximum absolute atomic E-state index is 12.3. The molecular formula is C21H21Cl2N5O2S. The predicted molar refractivity (Wildman–Crippen MR) is 124 cm³/mol. The molecule has 7 nitrogen and oxygen atoms in total. The topological polar surface area (TPSA) is 88.9 Å². The molecule has 10 heteroatoms. The Kier molecular flexibility index (Phi) is 7.95. The Morgan fingerprint density at radius 1 is 1.06 bits per heavy atom. The summed E-state index contributed by atoms with van der Waals surface area (Å²) in [7, 11) is 1.76. The SMILES string of the molecule is C[C@H](NC(=O)CSc1nnc(CC(=O)Nc2ccc(Cl)c(Cl)c2)n1C)c1ccccc1. The van der Waals surface area contributed by atoms with Crippen LogP contribution in [0.25, 0.3) is 0 Å². The van der Waals surface area contributed by atoms with Crippen LogP contribution in [0.4, 0.5) is 5.69 Å². The molecule has 1 atom stereocenters. The number of rotatable bonds is 8. The largest absolute Gasteiger partial charge is 0.349 e. The van der Waals surface area contributed by atoms with Gasteiger partial charge in [-0.3, -0.25) is 9.59 Å². The lowest BCUT2D eigenvalue weighted by Crippen LogP contribution is -2.28. The monoisotopic (exact) mass is 477 g/mol. The number of anilines is 1. The van der Waals surface area contributed by atoms with Crippen molar-refractivity contribution in [1.82, 2.24) is 20.1 Å². The third-order valence-corrected chi connectivity index (χ3v) is 6.22. The Labute approximate surface area is 194 Å². The zero-order chi connectivity index (χ0) is 22.4. The van der Waals surface area contributed by atoms with E-state index in [2.05, 4.69) is 20.8 Å². The van der Waals surface area contributed by atoms with Crippen molar-refractivity contribution < 1.29 is 9.59 Å². The smallest absolute Gasteiger partial charge is 0.232 e. The Hall–Kier alpha value is -2.55. The molecule has 3 rings (SSSR count). The Morgan fingerprint density at radius 3 is 2.52 bits per heavy atom. The number of hydrogen-bond donors (Lipinski definition) is 2. The van der Waals surface area contributed by atoms with E-state index in [0.717, 1.165) is 5.56 Å². The third-order valence-electron chi connectivity index (χ3n) is 4.46. The van der Waals surface area contributed by atoms with Crippen molar-refractivity contribution in [1.29, 1.82) is 0 Å². The summed E-state index contributed by atoms with van der Waals surface area (Å²) in [6.07, 6.45) is 0.0293. The van der Waals surface area contributed by atoms with E-state index in [4.69, 9.17) is 23.2 Å². The molecule has 1 aromatic heterocycles. The molecule has 0 bridgehead atoms. The number of thioether (sulfide) groups is 1. The molecule has 31 heavy (non-hydrogen) atoms. The second kappa shape index (κ2) is 10.7. The zero-order valence-electron chi connectivity index (χ0n) is 16.9. The lowest BCUT2D eigenvalue weighted by molar-refractivity contribution is -0.119. The standard InChI is InChI=1S/C21H21Cl2N5O2S/c1-13(14-6-4-3-5-7-14)24-20(30)12-31-21-27-26-18(28(21)2)11-19(29)25-15-8-9-16(22)17(23)10-15/h3-10,13H,11-12H2,1-2H3,(H,24,30)(H,25,29)/t13-/m0/s1. The molecule has 162 valence electrons. The van der Waals surface area contributed by atoms with Crippen molar-refractivity contribution in [2.45, 2.75) is 24.5 Å². The lowest BCUT2D eigenvalue weighted by Gasteiger charge is -2.14. The maximum Gasteiger partial charge on any atom is 0.232 e. The number of nitrogens with one attached hydrogen (secondary N) is 2. The summed E-state index contributed by atoms with van der Waals surface area (Å²) < 4.78 is 1.70. The fourth-order valence-electron chi connectivity index (χ4n) is 2.79. The number of halogens is 2. The van der Waals surface area contributed by atoms with Gasteiger partial charge in [0.25, 0.3) is 0 Å². The van der Waals surface area contributed by atoms with Gasteiger partial charge in [0, 0.05) is 12.7 Å². The van der Waals surface area contributed by atoms with Crippen LogP contribution in [0.1, 0.15) is 24.4 Å². The van der Waals surface area contributed by atoms with Crippen molar-refractivity contribution in [2.75, 3.05) is 11.1 Å². The first-order chi connectivity index (χ1) is 14.8. The van der Waals surface area contributed by atoms with E-state index in [1.165, 1.54) is 11.8 Å². The molecular weight excluding hydrogens is 457 g/mol. The lowest BCUT2D eigenvalue weighted by atomic mass is 10.1. The average molecular weight is 478 g/mol. The highest BCUT2D eigenvalue weighted by Crippen LogP contribution is 2.25. The number of hydrogen-bond acceptors (Lipinski definition) is 5. The van der Waals surface area contributed by atoms with Crippen LogP contribution in [0.3, 0.4) is 0 Å². The van der Waals surface area contributed by atoms with Gasteiger partial charge in [-0.2, -0.15) is 0 Å². The Balaban J connectivity index is 1.51. The van der Waals surface area contributed by atoms with E-state index < -0.39 is 0 Å². The molecule has 0 unspecified atom stereocenters. The quantitative estimate of drug-likeness (QED) is 0.472. The molecule has 2 N–H and O–H groups in total. The average Bonchev–Trinajstić information content (AvgIpc) is 3.09. The van der Waals surface area contributed by atoms with E-state index in [9.17, 15) is 9.59 Å². The fourth-order valence-corrected chi connectivity index (χ4v) is 3.82. The van der Waals surface area contributed by atoms with Crippen LogP contribution in [0.15, 0.2) is 53.7 Å². The van der Waals surface area contributed by atoms with Crippen LogP contribution >= 0.6 is 35.0 Å². The number of aromatic nitrogens is 3. The second-order valence-electron chi connectivity index (χ2n) is 6.80. The minimum absolute atomic E-state index is 0.0293. The van der Waals surface area contributed by atoms with Gasteiger partial charge in [-0.25, -0.2) is 0 Å². The molecule has 3 aromatic rings. The molecule has 0 spiro atoms. The van der Waals surface area contributed by atoms with E-state index in [-0.39, 0.29) is 30.0 Å². The number of nitrogens with zero attached hydrogens (tertiary/aromatic N) is 3. The van der Waals surface area contributed by atoms with E-state index in [0.29, 0.717) is 26.7 Å². The van der Waals surface area contributed by atoms with Gasteiger partial charge in [-0.15, -0.1) is 10.2 Å². The number of carbonyl (C=O) groups excluding carboxylic acids is 2. The molecule has 0 saturated heterocycles. The summed E-state index contributed by atoms with van der Waals surface area (Å²) >= 11 is 13.1. The molecule has 0 saturated carbocycles. The first-order valence-electron chi connectivity index (χ1n) is 9.43. The van der Waals surface area contributed by atoms with Gasteiger partial charge in [0.05, 0.1) is 28.3 Å². The summed E-state index contributed by atoms with van der Waals surface area (Å²) in [5.74, 6) is 0.305. The highest BCUT2D eigenvalue weighted by molar-refractivity contribution is 7.99. The van der Waals surface area contributed by atoms with Crippen LogP contribution < -0.4 is 10.6 Å². The minimum atomic E-state index is -0.264. The number of benzene rings is 2. The molecule has 1 heterocycles. The Morgan fingerprint density at radius 2 is 1.81 bits per heavy atom. The second-order valence-corrected chi connectivity index (χ2v) is 8.56. The van der Waals surface area contributed by atoms with E-state index in [1.54, 1.807) is 29.8 Å². The summed E-state index contributed by atoms with van der Waals surface area (Å²) in [5.41, 5.74) is 1.58. The van der Waals surface area contributed by atoms with Crippen molar-refractivity contribution in [3.8, 4) is 0 Å². The van der Waals surface area contributed by atoms with Gasteiger partial charge >= 0.3 is 0 Å². The van der Waals surface area contributed by atoms with Gasteiger partial charge < -0.3 is 15.2 Å². The number of carbonyl (C=O) groups is 2. The normalized spacial score (nSPS) is 11.7. The van der Waals surface area contributed by atoms with Crippen molar-refractivity contribution in [3.05, 3.63) is 70.0 Å². The van der Waals surface area contributed by atoms with Crippen molar-refractivity contribution in [2.24, 2.45) is 7.05 Å². The van der Waals surface area contributed by atoms with E-state index >= 15 is 0 Å². The van der Waals surface area contributed by atoms with Crippen molar-refractivity contribution >= 4 is 52.5 Å². The van der Waals surface area contributed by atoms with Crippen LogP contribution in [0, 0.1) is 0 Å². The molecule has 0 aliphatic rings. The molecule has 2 aromatic carbocycles. The first kappa shape index (κ1) is 23.1. The molecule has 0 aliphatic heterocycles. The van der Waals surface area contributed by atoms with E-state index in [1.807, 2.05) is 37.3 Å². The highest BCUT2D eigenvalue weighted by Gasteiger charge is 2.16. The highest BCUT2D eigenvalue weighted by atomic mass is 35.5. The fraction of sp³-hybridized carbons (Fsp3) is 0.238. The summed E-state index contributed by atoms with van der Waals surface area (Å²) in [6, 6.07) is 14.5. The predicted octanol–water partition coefficient (Wildman–Crippen LogP) is 4.27. The van der Waals surface area contributed by atoms with Gasteiger partial charge in [-0.05, 0) is 30.7 Å². The molecule has 2 amide bonds. The van der Waals surface area contributed by atoms with Gasteiger partial charge in [0.1, 0.15) is 5.82 Å². The Bertz CT molecular complexity index is 1070. The first-order valence-corrected chi connectivity index (χ1v) is 11.2. The number of amides is 2. The molecule has 0 radical (unpaired) electrons. The zero-order valence-corrected chi connectivity index (χ0v) is 19.3. The van der Waals surface area contributed by atoms with Crippen LogP contribution in [0.5, 0.6) is 0 Å². The molecule has 0 fully saturated rings. The van der Waals surface area contributed by atoms with Crippen molar-refractivity contribution in [3.63, 3.8) is 0 Å².